The van der Waals surface area contributed by atoms with Crippen LogP contribution in [0.5, 0.6) is 5.75 Å². The normalized spacial score (nSPS) is 16.2. The standard InChI is InChI=1S/C15H19NO3/c1-12(15(17)18-2)7-8-16-9-10-19-14-6-4-3-5-13(14)11-16/h3-7H,8-11H2,1-2H3. The van der Waals surface area contributed by atoms with E-state index in [0.717, 1.165) is 25.4 Å². The number of carbonyl (C=O) groups is 1. The van der Waals surface area contributed by atoms with E-state index < -0.39 is 0 Å². The van der Waals surface area contributed by atoms with E-state index in [1.807, 2.05) is 24.3 Å². The van der Waals surface area contributed by atoms with Gasteiger partial charge in [-0.3, -0.25) is 4.90 Å². The summed E-state index contributed by atoms with van der Waals surface area (Å²) in [5, 5.41) is 0. The minimum Gasteiger partial charge on any atom is -0.492 e. The minimum atomic E-state index is -0.272. The fourth-order valence-electron chi connectivity index (χ4n) is 2.05. The number of methoxy groups -OCH3 is 1. The Labute approximate surface area is 113 Å². The van der Waals surface area contributed by atoms with Gasteiger partial charge in [0.05, 0.1) is 7.11 Å². The van der Waals surface area contributed by atoms with Gasteiger partial charge in [0, 0.05) is 30.8 Å². The van der Waals surface area contributed by atoms with Gasteiger partial charge in [0.25, 0.3) is 0 Å². The third-order valence-electron chi connectivity index (χ3n) is 3.19. The molecule has 1 aromatic rings. The first-order chi connectivity index (χ1) is 9.20. The number of rotatable bonds is 3. The molecule has 1 aliphatic rings. The summed E-state index contributed by atoms with van der Waals surface area (Å²) in [5.74, 6) is 0.685. The van der Waals surface area contributed by atoms with Crippen LogP contribution >= 0.6 is 0 Å². The molecule has 0 N–H and O–H groups in total. The second-order valence-electron chi connectivity index (χ2n) is 4.57. The summed E-state index contributed by atoms with van der Waals surface area (Å²) >= 11 is 0. The lowest BCUT2D eigenvalue weighted by atomic mass is 10.2. The fraction of sp³-hybridized carbons (Fsp3) is 0.400. The van der Waals surface area contributed by atoms with Crippen LogP contribution in [0.15, 0.2) is 35.9 Å². The number of hydrogen-bond donors (Lipinski definition) is 0. The molecule has 19 heavy (non-hydrogen) atoms. The van der Waals surface area contributed by atoms with E-state index in [-0.39, 0.29) is 5.97 Å². The lowest BCUT2D eigenvalue weighted by Crippen LogP contribution is -2.26. The predicted octanol–water partition coefficient (Wildman–Crippen LogP) is 2.00. The maximum Gasteiger partial charge on any atom is 0.333 e. The van der Waals surface area contributed by atoms with Crippen LogP contribution in [0.1, 0.15) is 12.5 Å². The highest BCUT2D eigenvalue weighted by Crippen LogP contribution is 2.22. The highest BCUT2D eigenvalue weighted by molar-refractivity contribution is 5.87. The van der Waals surface area contributed by atoms with E-state index in [9.17, 15) is 4.79 Å². The topological polar surface area (TPSA) is 38.8 Å². The molecule has 1 aliphatic heterocycles. The first-order valence-electron chi connectivity index (χ1n) is 6.39. The van der Waals surface area contributed by atoms with Crippen LogP contribution in [0.4, 0.5) is 0 Å². The number of carbonyl (C=O) groups excluding carboxylic acids is 1. The first-order valence-corrected chi connectivity index (χ1v) is 6.39. The Morgan fingerprint density at radius 3 is 3.05 bits per heavy atom. The van der Waals surface area contributed by atoms with Gasteiger partial charge in [0.1, 0.15) is 12.4 Å². The first kappa shape index (κ1) is 13.6. The molecule has 0 amide bonds. The maximum atomic E-state index is 11.3. The third-order valence-corrected chi connectivity index (χ3v) is 3.19. The van der Waals surface area contributed by atoms with Crippen LogP contribution in [-0.4, -0.2) is 37.7 Å². The summed E-state index contributed by atoms with van der Waals surface area (Å²) in [4.78, 5) is 13.6. The summed E-state index contributed by atoms with van der Waals surface area (Å²) in [6.07, 6.45) is 1.90. The molecule has 0 saturated carbocycles. The van der Waals surface area contributed by atoms with Crippen molar-refractivity contribution < 1.29 is 14.3 Å². The molecular formula is C15H19NO3. The lowest BCUT2D eigenvalue weighted by Gasteiger charge is -2.17. The van der Waals surface area contributed by atoms with Crippen molar-refractivity contribution in [2.24, 2.45) is 0 Å². The molecule has 0 atom stereocenters. The second-order valence-corrected chi connectivity index (χ2v) is 4.57. The molecule has 2 rings (SSSR count). The zero-order chi connectivity index (χ0) is 13.7. The van der Waals surface area contributed by atoms with Crippen LogP contribution in [0.2, 0.25) is 0 Å². The number of esters is 1. The second kappa shape index (κ2) is 6.38. The van der Waals surface area contributed by atoms with Crippen molar-refractivity contribution in [1.82, 2.24) is 4.90 Å². The van der Waals surface area contributed by atoms with E-state index in [0.29, 0.717) is 12.2 Å². The van der Waals surface area contributed by atoms with Gasteiger partial charge in [-0.2, -0.15) is 0 Å². The molecular weight excluding hydrogens is 242 g/mol. The Morgan fingerprint density at radius 1 is 1.47 bits per heavy atom. The van der Waals surface area contributed by atoms with Gasteiger partial charge < -0.3 is 9.47 Å². The molecule has 0 unspecified atom stereocenters. The van der Waals surface area contributed by atoms with Crippen LogP contribution in [0.25, 0.3) is 0 Å². The van der Waals surface area contributed by atoms with E-state index in [1.54, 1.807) is 6.92 Å². The number of ether oxygens (including phenoxy) is 2. The van der Waals surface area contributed by atoms with Crippen molar-refractivity contribution >= 4 is 5.97 Å². The maximum absolute atomic E-state index is 11.3. The number of fused-ring (bicyclic) bond motifs is 1. The van der Waals surface area contributed by atoms with Crippen LogP contribution in [0, 0.1) is 0 Å². The molecule has 0 bridgehead atoms. The van der Waals surface area contributed by atoms with Gasteiger partial charge in [-0.25, -0.2) is 4.79 Å². The SMILES string of the molecule is COC(=O)C(C)=CCN1CCOc2ccccc2C1. The summed E-state index contributed by atoms with van der Waals surface area (Å²) in [7, 11) is 1.40. The summed E-state index contributed by atoms with van der Waals surface area (Å²) in [6.45, 7) is 4.84. The third kappa shape index (κ3) is 3.58. The smallest absolute Gasteiger partial charge is 0.333 e. The van der Waals surface area contributed by atoms with Gasteiger partial charge >= 0.3 is 5.97 Å². The largest absolute Gasteiger partial charge is 0.492 e. The number of hydrogen-bond acceptors (Lipinski definition) is 4. The fourth-order valence-corrected chi connectivity index (χ4v) is 2.05. The van der Waals surface area contributed by atoms with Gasteiger partial charge in [-0.1, -0.05) is 24.3 Å². The van der Waals surface area contributed by atoms with E-state index in [4.69, 9.17) is 4.74 Å². The number of benzene rings is 1. The Morgan fingerprint density at radius 2 is 2.26 bits per heavy atom. The molecule has 4 nitrogen and oxygen atoms in total. The van der Waals surface area contributed by atoms with Gasteiger partial charge in [-0.15, -0.1) is 0 Å². The quantitative estimate of drug-likeness (QED) is 0.616. The van der Waals surface area contributed by atoms with Gasteiger partial charge in [0.2, 0.25) is 0 Å². The molecule has 0 saturated heterocycles. The van der Waals surface area contributed by atoms with Crippen LogP contribution in [0.3, 0.4) is 0 Å². The van der Waals surface area contributed by atoms with Crippen molar-refractivity contribution in [3.63, 3.8) is 0 Å². The van der Waals surface area contributed by atoms with Crippen molar-refractivity contribution in [2.45, 2.75) is 13.5 Å². The highest BCUT2D eigenvalue weighted by atomic mass is 16.5. The summed E-state index contributed by atoms with van der Waals surface area (Å²) < 4.78 is 10.4. The van der Waals surface area contributed by atoms with Gasteiger partial charge in [-0.05, 0) is 13.0 Å². The highest BCUT2D eigenvalue weighted by Gasteiger charge is 2.14. The molecule has 0 aromatic heterocycles. The predicted molar refractivity (Wildman–Crippen MR) is 73.0 cm³/mol. The van der Waals surface area contributed by atoms with Crippen LogP contribution in [-0.2, 0) is 16.1 Å². The molecule has 0 spiro atoms. The van der Waals surface area contributed by atoms with E-state index >= 15 is 0 Å². The minimum absolute atomic E-state index is 0.272. The van der Waals surface area contributed by atoms with Crippen molar-refractivity contribution in [1.29, 1.82) is 0 Å². The molecule has 0 radical (unpaired) electrons. The average Bonchev–Trinajstić information content (AvgIpc) is 2.65. The molecule has 1 aromatic carbocycles. The average molecular weight is 261 g/mol. The molecule has 0 aliphatic carbocycles. The van der Waals surface area contributed by atoms with E-state index in [1.165, 1.54) is 12.7 Å². The number of para-hydroxylation sites is 1. The molecule has 4 heteroatoms. The van der Waals surface area contributed by atoms with Crippen molar-refractivity contribution in [2.75, 3.05) is 26.8 Å². The summed E-state index contributed by atoms with van der Waals surface area (Å²) in [6, 6.07) is 8.07. The Bertz CT molecular complexity index is 482. The van der Waals surface area contributed by atoms with Crippen LogP contribution < -0.4 is 4.74 Å². The molecule has 102 valence electrons. The molecule has 0 fully saturated rings. The Balaban J connectivity index is 2.01. The Kier molecular flexibility index (Phi) is 4.58. The zero-order valence-electron chi connectivity index (χ0n) is 11.4. The lowest BCUT2D eigenvalue weighted by molar-refractivity contribution is -0.136. The van der Waals surface area contributed by atoms with Gasteiger partial charge in [0.15, 0.2) is 0 Å². The van der Waals surface area contributed by atoms with E-state index in [2.05, 4.69) is 15.7 Å². The zero-order valence-corrected chi connectivity index (χ0v) is 11.4. The number of nitrogens with zero attached hydrogens (tertiary/aromatic N) is 1. The molecule has 1 heterocycles. The summed E-state index contributed by atoms with van der Waals surface area (Å²) in [5.41, 5.74) is 1.82. The van der Waals surface area contributed by atoms with Crippen molar-refractivity contribution in [3.05, 3.63) is 41.5 Å². The monoisotopic (exact) mass is 261 g/mol. The Hall–Kier alpha value is -1.81. The van der Waals surface area contributed by atoms with Crippen molar-refractivity contribution in [3.8, 4) is 5.75 Å².